The minimum atomic E-state index is -0.656. The van der Waals surface area contributed by atoms with Crippen LogP contribution in [0.1, 0.15) is 33.1 Å². The van der Waals surface area contributed by atoms with Crippen molar-refractivity contribution in [1.29, 1.82) is 0 Å². The summed E-state index contributed by atoms with van der Waals surface area (Å²) in [6, 6.07) is -1.07. The van der Waals surface area contributed by atoms with E-state index in [0.29, 0.717) is 19.4 Å². The summed E-state index contributed by atoms with van der Waals surface area (Å²) in [5.74, 6) is -0.740. The van der Waals surface area contributed by atoms with Crippen LogP contribution in [0.4, 0.5) is 0 Å². The van der Waals surface area contributed by atoms with Crippen molar-refractivity contribution < 1.29 is 9.59 Å². The lowest BCUT2D eigenvalue weighted by Crippen LogP contribution is -2.53. The lowest BCUT2D eigenvalue weighted by Gasteiger charge is -2.24. The van der Waals surface area contributed by atoms with E-state index < -0.39 is 18.0 Å². The predicted octanol–water partition coefficient (Wildman–Crippen LogP) is -1.36. The summed E-state index contributed by atoms with van der Waals surface area (Å²) in [5.41, 5.74) is 15.8. The van der Waals surface area contributed by atoms with Crippen LogP contribution in [0.3, 0.4) is 0 Å². The Morgan fingerprint density at radius 2 is 1.86 bits per heavy atom. The second-order valence-electron chi connectivity index (χ2n) is 5.06. The number of nitrogens with two attached hydrogens (primary N) is 3. The van der Waals surface area contributed by atoms with Gasteiger partial charge in [0.15, 0.2) is 5.96 Å². The van der Waals surface area contributed by atoms with Gasteiger partial charge in [0.05, 0.1) is 6.04 Å². The second-order valence-corrected chi connectivity index (χ2v) is 5.06. The molecule has 0 rings (SSSR count). The first-order valence-corrected chi connectivity index (χ1v) is 7.15. The van der Waals surface area contributed by atoms with Crippen molar-refractivity contribution >= 4 is 17.8 Å². The third-order valence-corrected chi connectivity index (χ3v) is 3.43. The standard InChI is InChI=1S/C13H28N6O2/c1-4-8(2)10(11(14)20)19-12(21)9(17-3)6-5-7-18-13(15)16/h8-10,17H,4-7H2,1-3H3,(H2,14,20)(H,19,21)(H4,15,16,18)/t8-,9-,10?/m1/s1. The van der Waals surface area contributed by atoms with Crippen LogP contribution < -0.4 is 27.8 Å². The van der Waals surface area contributed by atoms with E-state index in [1.165, 1.54) is 0 Å². The van der Waals surface area contributed by atoms with Gasteiger partial charge in [-0.2, -0.15) is 0 Å². The number of primary amides is 1. The topological polar surface area (TPSA) is 149 Å². The Hall–Kier alpha value is -1.83. The maximum Gasteiger partial charge on any atom is 0.240 e. The molecule has 122 valence electrons. The normalized spacial score (nSPS) is 14.8. The van der Waals surface area contributed by atoms with Crippen molar-refractivity contribution in [3.8, 4) is 0 Å². The Labute approximate surface area is 125 Å². The highest BCUT2D eigenvalue weighted by molar-refractivity contribution is 5.89. The number of carbonyl (C=O) groups is 2. The average Bonchev–Trinajstić information content (AvgIpc) is 2.43. The third kappa shape index (κ3) is 7.50. The molecule has 0 aliphatic rings. The van der Waals surface area contributed by atoms with Crippen LogP contribution in [0.15, 0.2) is 4.99 Å². The maximum atomic E-state index is 12.2. The highest BCUT2D eigenvalue weighted by atomic mass is 16.2. The molecule has 2 amide bonds. The molecular formula is C13H28N6O2. The van der Waals surface area contributed by atoms with E-state index in [4.69, 9.17) is 17.2 Å². The molecule has 0 aromatic rings. The number of amides is 2. The Morgan fingerprint density at radius 3 is 2.29 bits per heavy atom. The SMILES string of the molecule is CC[C@@H](C)C(NC(=O)[C@@H](CCCN=C(N)N)NC)C(N)=O. The van der Waals surface area contributed by atoms with Gasteiger partial charge in [-0.15, -0.1) is 0 Å². The number of nitrogens with one attached hydrogen (secondary N) is 2. The number of carbonyl (C=O) groups excluding carboxylic acids is 2. The molecule has 0 saturated heterocycles. The number of likely N-dealkylation sites (N-methyl/N-ethyl adjacent to an activating group) is 1. The zero-order valence-corrected chi connectivity index (χ0v) is 13.1. The van der Waals surface area contributed by atoms with Gasteiger partial charge in [-0.1, -0.05) is 20.3 Å². The van der Waals surface area contributed by atoms with Gasteiger partial charge in [0.2, 0.25) is 11.8 Å². The average molecular weight is 300 g/mol. The summed E-state index contributed by atoms with van der Waals surface area (Å²) in [6.07, 6.45) is 1.97. The van der Waals surface area contributed by atoms with Crippen molar-refractivity contribution in [3.63, 3.8) is 0 Å². The van der Waals surface area contributed by atoms with Crippen LogP contribution >= 0.6 is 0 Å². The Morgan fingerprint density at radius 1 is 1.24 bits per heavy atom. The van der Waals surface area contributed by atoms with Crippen molar-refractivity contribution in [2.45, 2.75) is 45.2 Å². The summed E-state index contributed by atoms with van der Waals surface area (Å²) in [7, 11) is 1.69. The van der Waals surface area contributed by atoms with Gasteiger partial charge in [-0.25, -0.2) is 0 Å². The minimum Gasteiger partial charge on any atom is -0.370 e. The molecule has 8 N–H and O–H groups in total. The van der Waals surface area contributed by atoms with E-state index in [1.807, 2.05) is 13.8 Å². The van der Waals surface area contributed by atoms with Crippen LogP contribution in [-0.4, -0.2) is 43.5 Å². The Bertz CT molecular complexity index is 368. The highest BCUT2D eigenvalue weighted by Gasteiger charge is 2.26. The molecule has 8 nitrogen and oxygen atoms in total. The van der Waals surface area contributed by atoms with Gasteiger partial charge in [-0.3, -0.25) is 14.6 Å². The molecule has 0 saturated carbocycles. The molecule has 0 aromatic heterocycles. The van der Waals surface area contributed by atoms with E-state index in [2.05, 4.69) is 15.6 Å². The molecule has 1 unspecified atom stereocenters. The number of hydrogen-bond donors (Lipinski definition) is 5. The lowest BCUT2D eigenvalue weighted by atomic mass is 9.98. The first-order valence-electron chi connectivity index (χ1n) is 7.15. The van der Waals surface area contributed by atoms with Gasteiger partial charge < -0.3 is 27.8 Å². The van der Waals surface area contributed by atoms with Gasteiger partial charge in [0, 0.05) is 6.54 Å². The molecular weight excluding hydrogens is 272 g/mol. The minimum absolute atomic E-state index is 0.00871. The number of guanidine groups is 1. The highest BCUT2D eigenvalue weighted by Crippen LogP contribution is 2.08. The van der Waals surface area contributed by atoms with E-state index in [-0.39, 0.29) is 17.8 Å². The summed E-state index contributed by atoms with van der Waals surface area (Å²) < 4.78 is 0. The number of rotatable bonds is 10. The zero-order chi connectivity index (χ0) is 16.4. The number of aliphatic imine (C=N–C) groups is 1. The number of hydrogen-bond acceptors (Lipinski definition) is 4. The van der Waals surface area contributed by atoms with Crippen LogP contribution in [0.2, 0.25) is 0 Å². The van der Waals surface area contributed by atoms with Crippen molar-refractivity contribution in [3.05, 3.63) is 0 Å². The fourth-order valence-corrected chi connectivity index (χ4v) is 1.89. The number of nitrogens with zero attached hydrogens (tertiary/aromatic N) is 1. The molecule has 21 heavy (non-hydrogen) atoms. The summed E-state index contributed by atoms with van der Waals surface area (Å²) >= 11 is 0. The summed E-state index contributed by atoms with van der Waals surface area (Å²) in [5, 5.41) is 5.62. The maximum absolute atomic E-state index is 12.2. The first kappa shape index (κ1) is 19.2. The molecule has 0 spiro atoms. The molecule has 8 heteroatoms. The van der Waals surface area contributed by atoms with E-state index in [0.717, 1.165) is 6.42 Å². The smallest absolute Gasteiger partial charge is 0.240 e. The molecule has 3 atom stereocenters. The first-order chi connectivity index (χ1) is 9.83. The van der Waals surface area contributed by atoms with Gasteiger partial charge >= 0.3 is 0 Å². The Balaban J connectivity index is 4.49. The quantitative estimate of drug-likeness (QED) is 0.192. The fraction of sp³-hybridized carbons (Fsp3) is 0.769. The third-order valence-electron chi connectivity index (χ3n) is 3.43. The molecule has 0 bridgehead atoms. The van der Waals surface area contributed by atoms with Crippen molar-refractivity contribution in [2.24, 2.45) is 28.1 Å². The van der Waals surface area contributed by atoms with Gasteiger partial charge in [0.1, 0.15) is 6.04 Å². The van der Waals surface area contributed by atoms with Crippen molar-refractivity contribution in [2.75, 3.05) is 13.6 Å². The summed E-state index contributed by atoms with van der Waals surface area (Å²) in [6.45, 7) is 4.28. The molecule has 0 aliphatic carbocycles. The molecule has 0 fully saturated rings. The van der Waals surface area contributed by atoms with Crippen LogP contribution in [-0.2, 0) is 9.59 Å². The Kier molecular flexibility index (Phi) is 9.11. The largest absolute Gasteiger partial charge is 0.370 e. The fourth-order valence-electron chi connectivity index (χ4n) is 1.89. The molecule has 0 heterocycles. The van der Waals surface area contributed by atoms with Crippen LogP contribution in [0.25, 0.3) is 0 Å². The van der Waals surface area contributed by atoms with Crippen molar-refractivity contribution in [1.82, 2.24) is 10.6 Å². The van der Waals surface area contributed by atoms with Crippen LogP contribution in [0, 0.1) is 5.92 Å². The molecule has 0 aliphatic heterocycles. The lowest BCUT2D eigenvalue weighted by molar-refractivity contribution is -0.129. The molecule has 0 radical (unpaired) electrons. The van der Waals surface area contributed by atoms with Gasteiger partial charge in [-0.05, 0) is 25.8 Å². The van der Waals surface area contributed by atoms with E-state index >= 15 is 0 Å². The summed E-state index contributed by atoms with van der Waals surface area (Å²) in [4.78, 5) is 27.5. The zero-order valence-electron chi connectivity index (χ0n) is 13.1. The van der Waals surface area contributed by atoms with E-state index in [1.54, 1.807) is 7.05 Å². The van der Waals surface area contributed by atoms with E-state index in [9.17, 15) is 9.59 Å². The molecule has 0 aromatic carbocycles. The predicted molar refractivity (Wildman–Crippen MR) is 83.3 cm³/mol. The van der Waals surface area contributed by atoms with Gasteiger partial charge in [0.25, 0.3) is 0 Å². The van der Waals surface area contributed by atoms with Crippen LogP contribution in [0.5, 0.6) is 0 Å². The monoisotopic (exact) mass is 300 g/mol. The second kappa shape index (κ2) is 9.98.